The number of carbonyl (C=O) groups is 1. The highest BCUT2D eigenvalue weighted by Crippen LogP contribution is 2.41. The van der Waals surface area contributed by atoms with Crippen LogP contribution in [0.15, 0.2) is 33.7 Å². The average Bonchev–Trinajstić information content (AvgIpc) is 3.44. The van der Waals surface area contributed by atoms with Crippen LogP contribution in [0.5, 0.6) is 5.88 Å². The van der Waals surface area contributed by atoms with Crippen LogP contribution in [0.25, 0.3) is 33.2 Å². The van der Waals surface area contributed by atoms with Crippen LogP contribution in [0.1, 0.15) is 17.5 Å². The Balaban J connectivity index is 1.89. The lowest BCUT2D eigenvalue weighted by atomic mass is 10.0. The van der Waals surface area contributed by atoms with E-state index in [9.17, 15) is 22.8 Å². The first-order valence-corrected chi connectivity index (χ1v) is 11.1. The van der Waals surface area contributed by atoms with Crippen LogP contribution in [-0.2, 0) is 6.18 Å². The molecule has 0 saturated carbocycles. The maximum Gasteiger partial charge on any atom is 0.434 e. The van der Waals surface area contributed by atoms with Gasteiger partial charge >= 0.3 is 18.0 Å². The van der Waals surface area contributed by atoms with Crippen molar-refractivity contribution < 1.29 is 27.1 Å². The molecule has 0 aliphatic heterocycles. The molecule has 0 aliphatic carbocycles. The number of halogens is 3. The minimum absolute atomic E-state index is 0.0228. The molecule has 4 aromatic rings. The Labute approximate surface area is 204 Å². The van der Waals surface area contributed by atoms with Crippen molar-refractivity contribution in [3.63, 3.8) is 0 Å². The molecule has 0 atom stereocenters. The van der Waals surface area contributed by atoms with E-state index in [4.69, 9.17) is 9.15 Å². The quantitative estimate of drug-likeness (QED) is 0.344. The Morgan fingerprint density at radius 1 is 1.19 bits per heavy atom. The third kappa shape index (κ3) is 5.05. The number of nitrogens with one attached hydrogen (secondary N) is 3. The number of carbonyl (C=O) groups excluding carboxylic acids is 1. The number of anilines is 1. The van der Waals surface area contributed by atoms with Gasteiger partial charge in [0.2, 0.25) is 5.88 Å². The van der Waals surface area contributed by atoms with Crippen molar-refractivity contribution in [1.82, 2.24) is 30.5 Å². The van der Waals surface area contributed by atoms with E-state index in [0.29, 0.717) is 17.7 Å². The summed E-state index contributed by atoms with van der Waals surface area (Å²) >= 11 is 0.843. The summed E-state index contributed by atoms with van der Waals surface area (Å²) in [6.45, 7) is 3.42. The molecule has 15 heteroatoms. The number of hydrogen-bond acceptors (Lipinski definition) is 9. The van der Waals surface area contributed by atoms with Crippen molar-refractivity contribution >= 4 is 23.2 Å². The third-order valence-corrected chi connectivity index (χ3v) is 5.81. The van der Waals surface area contributed by atoms with Gasteiger partial charge in [-0.1, -0.05) is 0 Å². The number of methoxy groups -OCH3 is 1. The molecule has 11 nitrogen and oxygen atoms in total. The van der Waals surface area contributed by atoms with Gasteiger partial charge in [0, 0.05) is 40.5 Å². The maximum absolute atomic E-state index is 13.5. The van der Waals surface area contributed by atoms with Gasteiger partial charge < -0.3 is 14.5 Å². The zero-order valence-electron chi connectivity index (χ0n) is 19.0. The van der Waals surface area contributed by atoms with Crippen molar-refractivity contribution in [2.45, 2.75) is 20.0 Å². The number of alkyl halides is 3. The van der Waals surface area contributed by atoms with Gasteiger partial charge in [0.25, 0.3) is 5.89 Å². The van der Waals surface area contributed by atoms with Crippen LogP contribution in [0.2, 0.25) is 0 Å². The second-order valence-corrected chi connectivity index (χ2v) is 8.42. The zero-order valence-corrected chi connectivity index (χ0v) is 19.8. The number of thiazole rings is 1. The van der Waals surface area contributed by atoms with Crippen LogP contribution in [0.4, 0.5) is 23.8 Å². The molecule has 0 aromatic carbocycles. The molecule has 0 unspecified atom stereocenters. The minimum atomic E-state index is -4.64. The molecule has 0 radical (unpaired) electrons. The molecule has 4 rings (SSSR count). The minimum Gasteiger partial charge on any atom is -0.480 e. The number of aromatic nitrogens is 5. The lowest BCUT2D eigenvalue weighted by Crippen LogP contribution is -2.28. The molecular weight excluding hydrogens is 503 g/mol. The lowest BCUT2D eigenvalue weighted by Gasteiger charge is -2.12. The van der Waals surface area contributed by atoms with Gasteiger partial charge in [0.15, 0.2) is 5.69 Å². The number of aromatic amines is 1. The second-order valence-electron chi connectivity index (χ2n) is 7.22. The van der Waals surface area contributed by atoms with Gasteiger partial charge in [-0.2, -0.15) is 13.2 Å². The lowest BCUT2D eigenvalue weighted by molar-refractivity contribution is -0.141. The Morgan fingerprint density at radius 2 is 1.97 bits per heavy atom. The van der Waals surface area contributed by atoms with Crippen LogP contribution in [0.3, 0.4) is 0 Å². The molecule has 2 amide bonds. The molecule has 0 fully saturated rings. The summed E-state index contributed by atoms with van der Waals surface area (Å²) in [6, 6.07) is 2.42. The SMILES string of the molecule is CCNC(=O)Nc1cc(-c2nc(C(F)(F)F)c(C)s2)c(-c2cnc(OC)c(-c3n[nH]c(=O)o3)c2)cn1. The first kappa shape index (κ1) is 24.8. The summed E-state index contributed by atoms with van der Waals surface area (Å²) in [5, 5.41) is 11.1. The van der Waals surface area contributed by atoms with E-state index in [1.165, 1.54) is 38.6 Å². The number of pyridine rings is 2. The molecule has 188 valence electrons. The monoisotopic (exact) mass is 521 g/mol. The van der Waals surface area contributed by atoms with Crippen molar-refractivity contribution in [2.75, 3.05) is 19.0 Å². The van der Waals surface area contributed by atoms with E-state index < -0.39 is 23.7 Å². The number of rotatable bonds is 6. The van der Waals surface area contributed by atoms with Gasteiger partial charge in [0.05, 0.1) is 7.11 Å². The van der Waals surface area contributed by atoms with Crippen molar-refractivity contribution in [2.24, 2.45) is 0 Å². The van der Waals surface area contributed by atoms with Crippen LogP contribution < -0.4 is 21.1 Å². The van der Waals surface area contributed by atoms with E-state index >= 15 is 0 Å². The van der Waals surface area contributed by atoms with Crippen LogP contribution in [-0.4, -0.2) is 44.8 Å². The van der Waals surface area contributed by atoms with E-state index in [0.717, 1.165) is 11.3 Å². The topological polar surface area (TPSA) is 148 Å². The van der Waals surface area contributed by atoms with E-state index in [1.807, 2.05) is 0 Å². The predicted octanol–water partition coefficient (Wildman–Crippen LogP) is 4.09. The van der Waals surface area contributed by atoms with Crippen molar-refractivity contribution in [3.05, 3.63) is 45.6 Å². The first-order chi connectivity index (χ1) is 17.1. The molecule has 4 heterocycles. The van der Waals surface area contributed by atoms with E-state index in [2.05, 4.69) is 35.8 Å². The maximum atomic E-state index is 13.5. The molecule has 0 aliphatic rings. The summed E-state index contributed by atoms with van der Waals surface area (Å²) in [4.78, 5) is 35.7. The number of H-pyrrole nitrogens is 1. The molecule has 3 N–H and O–H groups in total. The largest absolute Gasteiger partial charge is 0.480 e. The molecule has 0 spiro atoms. The summed E-state index contributed by atoms with van der Waals surface area (Å²) in [5.41, 5.74) is 0.227. The highest BCUT2D eigenvalue weighted by Gasteiger charge is 2.36. The fraction of sp³-hybridized carbons (Fsp3) is 0.238. The first-order valence-electron chi connectivity index (χ1n) is 10.3. The number of ether oxygens (including phenoxy) is 1. The average molecular weight is 521 g/mol. The summed E-state index contributed by atoms with van der Waals surface area (Å²) in [6.07, 6.45) is -1.86. The van der Waals surface area contributed by atoms with E-state index in [1.54, 1.807) is 6.92 Å². The third-order valence-electron chi connectivity index (χ3n) is 4.80. The standard InChI is InChI=1S/C21H18F3N7O4S/c1-4-25-19(32)28-14-6-11(18-29-15(9(2)36-18)21(22,23)24)13(8-26-14)10-5-12(16(34-3)27-7-10)17-30-31-20(33)35-17/h5-8H,4H2,1-3H3,(H,31,33)(H2,25,26,28,32). The van der Waals surface area contributed by atoms with Gasteiger partial charge in [-0.25, -0.2) is 29.6 Å². The molecule has 0 bridgehead atoms. The Hall–Kier alpha value is -4.27. The Bertz CT molecular complexity index is 1480. The van der Waals surface area contributed by atoms with Crippen molar-refractivity contribution in [1.29, 1.82) is 0 Å². The molecule has 0 saturated heterocycles. The van der Waals surface area contributed by atoms with Gasteiger partial charge in [-0.3, -0.25) is 5.32 Å². The van der Waals surface area contributed by atoms with Gasteiger partial charge in [-0.05, 0) is 26.0 Å². The number of urea groups is 1. The highest BCUT2D eigenvalue weighted by molar-refractivity contribution is 7.15. The fourth-order valence-electron chi connectivity index (χ4n) is 3.29. The Kier molecular flexibility index (Phi) is 6.74. The number of hydrogen-bond donors (Lipinski definition) is 3. The normalized spacial score (nSPS) is 11.4. The molecule has 4 aromatic heterocycles. The highest BCUT2D eigenvalue weighted by atomic mass is 32.1. The van der Waals surface area contributed by atoms with E-state index in [-0.39, 0.29) is 38.6 Å². The second kappa shape index (κ2) is 9.77. The molecular formula is C21H18F3N7O4S. The van der Waals surface area contributed by atoms with Crippen LogP contribution >= 0.6 is 11.3 Å². The fourth-order valence-corrected chi connectivity index (χ4v) is 4.25. The zero-order chi connectivity index (χ0) is 26.0. The summed E-state index contributed by atoms with van der Waals surface area (Å²) in [7, 11) is 1.36. The predicted molar refractivity (Wildman–Crippen MR) is 124 cm³/mol. The number of nitrogens with zero attached hydrogens (tertiary/aromatic N) is 4. The molecule has 36 heavy (non-hydrogen) atoms. The van der Waals surface area contributed by atoms with Gasteiger partial charge in [-0.15, -0.1) is 16.4 Å². The number of aryl methyl sites for hydroxylation is 1. The Morgan fingerprint density at radius 3 is 2.58 bits per heavy atom. The smallest absolute Gasteiger partial charge is 0.434 e. The summed E-state index contributed by atoms with van der Waals surface area (Å²) in [5.74, 6) is -0.693. The van der Waals surface area contributed by atoms with Crippen LogP contribution in [0, 0.1) is 6.92 Å². The number of amides is 2. The van der Waals surface area contributed by atoms with Gasteiger partial charge in [0.1, 0.15) is 16.4 Å². The summed E-state index contributed by atoms with van der Waals surface area (Å²) < 4.78 is 50.6. The van der Waals surface area contributed by atoms with Crippen molar-refractivity contribution in [3.8, 4) is 39.0 Å².